The van der Waals surface area contributed by atoms with Gasteiger partial charge in [-0.2, -0.15) is 18.2 Å². The van der Waals surface area contributed by atoms with Gasteiger partial charge in [-0.25, -0.2) is 15.0 Å². The molecule has 1 amide bonds. The van der Waals surface area contributed by atoms with Gasteiger partial charge in [-0.05, 0) is 55.0 Å². The summed E-state index contributed by atoms with van der Waals surface area (Å²) in [6.45, 7) is 2.43. The molecule has 3 heterocycles. The number of anilines is 4. The van der Waals surface area contributed by atoms with Crippen molar-refractivity contribution in [2.45, 2.75) is 13.1 Å². The van der Waals surface area contributed by atoms with Crippen molar-refractivity contribution < 1.29 is 22.8 Å². The predicted octanol–water partition coefficient (Wildman–Crippen LogP) is 5.16. The van der Waals surface area contributed by atoms with E-state index in [-0.39, 0.29) is 22.6 Å². The van der Waals surface area contributed by atoms with Crippen LogP contribution in [-0.4, -0.2) is 44.6 Å². The Bertz CT molecular complexity index is 1640. The number of carbonyl (C=O) groups excluding carboxylic acids is 2. The summed E-state index contributed by atoms with van der Waals surface area (Å²) in [6.07, 6.45) is 5.13. The van der Waals surface area contributed by atoms with Gasteiger partial charge in [0.25, 0.3) is 5.91 Å². The maximum atomic E-state index is 13.6. The number of benzene rings is 2. The number of amides is 1. The number of carbonyl (C=O) groups is 2. The van der Waals surface area contributed by atoms with Gasteiger partial charge in [0.1, 0.15) is 17.8 Å². The normalized spacial score (nSPS) is 12.8. The first-order chi connectivity index (χ1) is 19.2. The SMILES string of the molecule is Cc1ccc(C(=O)Nc2cc(-n3cnc(C=O)c3)cc(C(F)(F)F)c2)cc1Nc1nccc(N2C=NC=CC2)n1. The zero-order valence-corrected chi connectivity index (χ0v) is 20.9. The molecule has 202 valence electrons. The van der Waals surface area contributed by atoms with Gasteiger partial charge in [0, 0.05) is 47.8 Å². The lowest BCUT2D eigenvalue weighted by Gasteiger charge is -2.19. The van der Waals surface area contributed by atoms with Gasteiger partial charge in [0.05, 0.1) is 11.9 Å². The molecule has 0 fully saturated rings. The third-order valence-corrected chi connectivity index (χ3v) is 5.91. The van der Waals surface area contributed by atoms with E-state index in [0.29, 0.717) is 30.3 Å². The van der Waals surface area contributed by atoms with Crippen LogP contribution in [0.2, 0.25) is 0 Å². The van der Waals surface area contributed by atoms with Crippen LogP contribution in [0.5, 0.6) is 0 Å². The molecule has 0 radical (unpaired) electrons. The van der Waals surface area contributed by atoms with E-state index in [2.05, 4.69) is 30.6 Å². The Labute approximate surface area is 225 Å². The van der Waals surface area contributed by atoms with Crippen LogP contribution in [0.25, 0.3) is 5.69 Å². The van der Waals surface area contributed by atoms with E-state index < -0.39 is 17.6 Å². The number of hydrogen-bond donors (Lipinski definition) is 2. The second kappa shape index (κ2) is 10.8. The standard InChI is InChI=1S/C27H21F3N8O2/c1-17-3-4-18(9-23(17)35-26-32-7-5-24(36-26)37-8-2-6-31-15-37)25(40)34-20-10-19(27(28,29)30)11-22(12-20)38-13-21(14-39)33-16-38/h2-7,9-16H,8H2,1H3,(H,34,40)(H,32,35,36). The van der Waals surface area contributed by atoms with Crippen LogP contribution in [0.3, 0.4) is 0 Å². The molecule has 2 aromatic heterocycles. The molecule has 40 heavy (non-hydrogen) atoms. The third-order valence-electron chi connectivity index (χ3n) is 5.91. The highest BCUT2D eigenvalue weighted by molar-refractivity contribution is 6.05. The second-order valence-electron chi connectivity index (χ2n) is 8.74. The topological polar surface area (TPSA) is 117 Å². The Morgan fingerprint density at radius 2 is 1.95 bits per heavy atom. The fourth-order valence-electron chi connectivity index (χ4n) is 3.87. The van der Waals surface area contributed by atoms with Crippen LogP contribution in [-0.2, 0) is 6.18 Å². The minimum absolute atomic E-state index is 0.0538. The number of nitrogens with zero attached hydrogens (tertiary/aromatic N) is 6. The number of aldehydes is 1. The molecule has 0 bridgehead atoms. The molecule has 2 aromatic carbocycles. The number of alkyl halides is 3. The van der Waals surface area contributed by atoms with E-state index in [9.17, 15) is 22.8 Å². The Kier molecular flexibility index (Phi) is 7.10. The molecule has 0 spiro atoms. The second-order valence-corrected chi connectivity index (χ2v) is 8.74. The van der Waals surface area contributed by atoms with Gasteiger partial charge >= 0.3 is 6.18 Å². The number of rotatable bonds is 7. The highest BCUT2D eigenvalue weighted by atomic mass is 19.4. The molecule has 0 atom stereocenters. The lowest BCUT2D eigenvalue weighted by molar-refractivity contribution is -0.137. The van der Waals surface area contributed by atoms with Gasteiger partial charge in [0.15, 0.2) is 6.29 Å². The van der Waals surface area contributed by atoms with Crippen LogP contribution >= 0.6 is 0 Å². The van der Waals surface area contributed by atoms with E-state index in [1.54, 1.807) is 43.0 Å². The maximum absolute atomic E-state index is 13.6. The Morgan fingerprint density at radius 1 is 1.10 bits per heavy atom. The summed E-state index contributed by atoms with van der Waals surface area (Å²) >= 11 is 0. The number of nitrogens with one attached hydrogen (secondary N) is 2. The summed E-state index contributed by atoms with van der Waals surface area (Å²) < 4.78 is 42.1. The van der Waals surface area contributed by atoms with Gasteiger partial charge in [-0.1, -0.05) is 6.07 Å². The molecule has 10 nitrogen and oxygen atoms in total. The maximum Gasteiger partial charge on any atom is 0.416 e. The zero-order valence-electron chi connectivity index (χ0n) is 20.9. The quantitative estimate of drug-likeness (QED) is 0.308. The average Bonchev–Trinajstić information content (AvgIpc) is 3.44. The summed E-state index contributed by atoms with van der Waals surface area (Å²) in [4.78, 5) is 42.6. The average molecular weight is 547 g/mol. The predicted molar refractivity (Wildman–Crippen MR) is 143 cm³/mol. The van der Waals surface area contributed by atoms with Gasteiger partial charge in [-0.15, -0.1) is 0 Å². The summed E-state index contributed by atoms with van der Waals surface area (Å²) in [5, 5.41) is 5.63. The van der Waals surface area contributed by atoms with Crippen LogP contribution in [0.15, 0.2) is 78.5 Å². The first-order valence-corrected chi connectivity index (χ1v) is 11.9. The van der Waals surface area contributed by atoms with E-state index in [1.807, 2.05) is 17.9 Å². The smallest absolute Gasteiger partial charge is 0.324 e. The lowest BCUT2D eigenvalue weighted by atomic mass is 10.1. The van der Waals surface area contributed by atoms with E-state index in [4.69, 9.17) is 0 Å². The fourth-order valence-corrected chi connectivity index (χ4v) is 3.87. The zero-order chi connectivity index (χ0) is 28.3. The number of aromatic nitrogens is 4. The van der Waals surface area contributed by atoms with Crippen LogP contribution in [0, 0.1) is 6.92 Å². The van der Waals surface area contributed by atoms with E-state index >= 15 is 0 Å². The molecule has 0 saturated heterocycles. The summed E-state index contributed by atoms with van der Waals surface area (Å²) in [6, 6.07) is 9.66. The van der Waals surface area contributed by atoms with Crippen molar-refractivity contribution in [3.8, 4) is 5.69 Å². The number of hydrogen-bond acceptors (Lipinski definition) is 8. The van der Waals surface area contributed by atoms with Crippen molar-refractivity contribution in [3.63, 3.8) is 0 Å². The fraction of sp³-hybridized carbons (Fsp3) is 0.111. The van der Waals surface area contributed by atoms with Crippen molar-refractivity contribution in [1.82, 2.24) is 19.5 Å². The minimum Gasteiger partial charge on any atom is -0.324 e. The molecule has 0 saturated carbocycles. The van der Waals surface area contributed by atoms with Gasteiger partial charge < -0.3 is 20.1 Å². The third kappa shape index (κ3) is 5.88. The number of aliphatic imine (C=N–C) groups is 1. The monoisotopic (exact) mass is 546 g/mol. The van der Waals surface area contributed by atoms with E-state index in [0.717, 1.165) is 17.7 Å². The molecule has 0 aliphatic carbocycles. The van der Waals surface area contributed by atoms with Crippen LogP contribution in [0.4, 0.5) is 36.3 Å². The van der Waals surface area contributed by atoms with Crippen molar-refractivity contribution in [3.05, 3.63) is 95.8 Å². The Balaban J connectivity index is 1.39. The first kappa shape index (κ1) is 26.3. The largest absolute Gasteiger partial charge is 0.416 e. The van der Waals surface area contributed by atoms with Crippen molar-refractivity contribution in [2.24, 2.45) is 4.99 Å². The number of aryl methyl sites for hydroxylation is 1. The Morgan fingerprint density at radius 3 is 2.67 bits per heavy atom. The molecule has 4 aromatic rings. The molecule has 1 aliphatic rings. The number of halogens is 3. The molecule has 0 unspecified atom stereocenters. The first-order valence-electron chi connectivity index (χ1n) is 11.9. The van der Waals surface area contributed by atoms with Crippen LogP contribution < -0.4 is 15.5 Å². The summed E-state index contributed by atoms with van der Waals surface area (Å²) in [5.74, 6) is 0.285. The van der Waals surface area contributed by atoms with Crippen LogP contribution in [0.1, 0.15) is 32.0 Å². The van der Waals surface area contributed by atoms with Crippen molar-refractivity contribution in [1.29, 1.82) is 0 Å². The molecule has 5 rings (SSSR count). The molecular formula is C27H21F3N8O2. The summed E-state index contributed by atoms with van der Waals surface area (Å²) in [5.41, 5.74) is 0.601. The minimum atomic E-state index is -4.67. The summed E-state index contributed by atoms with van der Waals surface area (Å²) in [7, 11) is 0. The Hall–Kier alpha value is -5.33. The molecule has 2 N–H and O–H groups in total. The van der Waals surface area contributed by atoms with E-state index in [1.165, 1.54) is 23.2 Å². The van der Waals surface area contributed by atoms with Gasteiger partial charge in [-0.3, -0.25) is 9.59 Å². The molecular weight excluding hydrogens is 525 g/mol. The highest BCUT2D eigenvalue weighted by Crippen LogP contribution is 2.33. The molecule has 1 aliphatic heterocycles. The van der Waals surface area contributed by atoms with Crippen molar-refractivity contribution in [2.75, 3.05) is 22.1 Å². The lowest BCUT2D eigenvalue weighted by Crippen LogP contribution is -2.24. The molecule has 13 heteroatoms. The highest BCUT2D eigenvalue weighted by Gasteiger charge is 2.31. The van der Waals surface area contributed by atoms with Crippen molar-refractivity contribution >= 4 is 41.7 Å². The number of imidazole rings is 1. The van der Waals surface area contributed by atoms with Gasteiger partial charge in [0.2, 0.25) is 5.95 Å².